The van der Waals surface area contributed by atoms with Gasteiger partial charge in [-0.2, -0.15) is 0 Å². The average Bonchev–Trinajstić information content (AvgIpc) is 2.53. The van der Waals surface area contributed by atoms with Crippen molar-refractivity contribution in [3.05, 3.63) is 29.8 Å². The summed E-state index contributed by atoms with van der Waals surface area (Å²) in [5, 5.41) is 12.2. The zero-order valence-corrected chi connectivity index (χ0v) is 12.7. The maximum Gasteiger partial charge on any atom is 0.311 e. The van der Waals surface area contributed by atoms with E-state index in [-0.39, 0.29) is 12.5 Å². The highest BCUT2D eigenvalue weighted by atomic mass is 32.2. The minimum Gasteiger partial charge on any atom is -0.481 e. The number of carbonyl (C=O) groups is 2. The van der Waals surface area contributed by atoms with Gasteiger partial charge in [-0.1, -0.05) is 12.1 Å². The topological polar surface area (TPSA) is 75.6 Å². The maximum absolute atomic E-state index is 12.3. The molecule has 1 aromatic carbocycles. The van der Waals surface area contributed by atoms with Gasteiger partial charge in [0.15, 0.2) is 0 Å². The van der Waals surface area contributed by atoms with E-state index in [0.29, 0.717) is 31.6 Å². The zero-order chi connectivity index (χ0) is 15.3. The second-order valence-electron chi connectivity index (χ2n) is 5.08. The number of carbonyl (C=O) groups excluding carboxylic acids is 1. The minimum absolute atomic E-state index is 0.132. The molecule has 2 rings (SSSR count). The predicted molar refractivity (Wildman–Crippen MR) is 80.7 cm³/mol. The van der Waals surface area contributed by atoms with E-state index in [1.165, 1.54) is 11.8 Å². The van der Waals surface area contributed by atoms with Gasteiger partial charge in [-0.3, -0.25) is 9.59 Å². The Kier molecular flexibility index (Phi) is 5.25. The maximum atomic E-state index is 12.3. The third-order valence-corrected chi connectivity index (χ3v) is 4.64. The van der Waals surface area contributed by atoms with Crippen LogP contribution in [0.15, 0.2) is 29.2 Å². The molecule has 114 valence electrons. The Labute approximate surface area is 128 Å². The Morgan fingerprint density at radius 2 is 2.00 bits per heavy atom. The Morgan fingerprint density at radius 1 is 1.33 bits per heavy atom. The summed E-state index contributed by atoms with van der Waals surface area (Å²) in [5.74, 6) is -1.10. The monoisotopic (exact) mass is 309 g/mol. The minimum atomic E-state index is -0.914. The molecule has 0 aliphatic carbocycles. The molecule has 6 heteroatoms. The standard InChI is InChI=1S/C15H19NO4S/c1-21-12-5-3-2-4-11(12)13(17)16-10-15(14(18)19)6-8-20-9-7-15/h2-5H,6-10H2,1H3,(H,16,17)(H,18,19). The Hall–Kier alpha value is -1.53. The van der Waals surface area contributed by atoms with E-state index in [0.717, 1.165) is 4.90 Å². The van der Waals surface area contributed by atoms with Crippen LogP contribution in [0.2, 0.25) is 0 Å². The van der Waals surface area contributed by atoms with Crippen LogP contribution in [0.1, 0.15) is 23.2 Å². The smallest absolute Gasteiger partial charge is 0.311 e. The van der Waals surface area contributed by atoms with Crippen LogP contribution in [0.4, 0.5) is 0 Å². The Balaban J connectivity index is 2.07. The second kappa shape index (κ2) is 6.95. The van der Waals surface area contributed by atoms with E-state index in [2.05, 4.69) is 5.32 Å². The number of thioether (sulfide) groups is 1. The summed E-state index contributed by atoms with van der Waals surface area (Å²) in [6, 6.07) is 7.30. The number of nitrogens with one attached hydrogen (secondary N) is 1. The van der Waals surface area contributed by atoms with Gasteiger partial charge in [0.1, 0.15) is 0 Å². The molecule has 0 spiro atoms. The van der Waals surface area contributed by atoms with Crippen molar-refractivity contribution in [3.63, 3.8) is 0 Å². The summed E-state index contributed by atoms with van der Waals surface area (Å²) < 4.78 is 5.22. The van der Waals surface area contributed by atoms with Crippen molar-refractivity contribution in [2.45, 2.75) is 17.7 Å². The van der Waals surface area contributed by atoms with E-state index in [4.69, 9.17) is 4.74 Å². The Bertz CT molecular complexity index is 526. The molecule has 1 heterocycles. The highest BCUT2D eigenvalue weighted by Crippen LogP contribution is 2.30. The molecule has 1 aliphatic rings. The summed E-state index contributed by atoms with van der Waals surface area (Å²) in [5.41, 5.74) is -0.333. The molecule has 0 bridgehead atoms. The summed E-state index contributed by atoms with van der Waals surface area (Å²) in [6.45, 7) is 0.973. The van der Waals surface area contributed by atoms with Crippen molar-refractivity contribution in [1.29, 1.82) is 0 Å². The van der Waals surface area contributed by atoms with Crippen molar-refractivity contribution < 1.29 is 19.4 Å². The molecule has 21 heavy (non-hydrogen) atoms. The van der Waals surface area contributed by atoms with Gasteiger partial charge in [0.25, 0.3) is 5.91 Å². The number of hydrogen-bond acceptors (Lipinski definition) is 4. The van der Waals surface area contributed by atoms with Gasteiger partial charge in [-0.25, -0.2) is 0 Å². The number of carboxylic acids is 1. The summed E-state index contributed by atoms with van der Waals surface area (Å²) in [4.78, 5) is 24.7. The van der Waals surface area contributed by atoms with Crippen LogP contribution < -0.4 is 5.32 Å². The van der Waals surface area contributed by atoms with Crippen LogP contribution in [-0.4, -0.2) is 43.0 Å². The molecule has 1 aliphatic heterocycles. The van der Waals surface area contributed by atoms with Gasteiger partial charge in [0.05, 0.1) is 11.0 Å². The highest BCUT2D eigenvalue weighted by molar-refractivity contribution is 7.98. The van der Waals surface area contributed by atoms with Crippen molar-refractivity contribution >= 4 is 23.6 Å². The molecule has 2 N–H and O–H groups in total. The van der Waals surface area contributed by atoms with Crippen molar-refractivity contribution in [2.24, 2.45) is 5.41 Å². The van der Waals surface area contributed by atoms with Crippen LogP contribution >= 0.6 is 11.8 Å². The first kappa shape index (κ1) is 15.9. The quantitative estimate of drug-likeness (QED) is 0.814. The molecule has 5 nitrogen and oxygen atoms in total. The predicted octanol–water partition coefficient (Wildman–Crippen LogP) is 2.02. The lowest BCUT2D eigenvalue weighted by molar-refractivity contribution is -0.154. The number of ether oxygens (including phenoxy) is 1. The number of aliphatic carboxylic acids is 1. The van der Waals surface area contributed by atoms with Gasteiger partial charge in [-0.15, -0.1) is 11.8 Å². The van der Waals surface area contributed by atoms with E-state index in [1.807, 2.05) is 18.4 Å². The molecule has 0 radical (unpaired) electrons. The number of carboxylic acid groups (broad SMARTS) is 1. The van der Waals surface area contributed by atoms with E-state index < -0.39 is 11.4 Å². The van der Waals surface area contributed by atoms with Crippen LogP contribution in [-0.2, 0) is 9.53 Å². The van der Waals surface area contributed by atoms with Gasteiger partial charge >= 0.3 is 5.97 Å². The zero-order valence-electron chi connectivity index (χ0n) is 11.9. The third-order valence-electron chi connectivity index (χ3n) is 3.84. The van der Waals surface area contributed by atoms with Crippen LogP contribution in [0.25, 0.3) is 0 Å². The average molecular weight is 309 g/mol. The van der Waals surface area contributed by atoms with Gasteiger partial charge in [0.2, 0.25) is 0 Å². The third kappa shape index (κ3) is 3.57. The van der Waals surface area contributed by atoms with E-state index in [9.17, 15) is 14.7 Å². The fourth-order valence-corrected chi connectivity index (χ4v) is 3.00. The van der Waals surface area contributed by atoms with Crippen molar-refractivity contribution in [2.75, 3.05) is 26.0 Å². The molecule has 1 fully saturated rings. The van der Waals surface area contributed by atoms with E-state index in [1.54, 1.807) is 12.1 Å². The van der Waals surface area contributed by atoms with Gasteiger partial charge in [-0.05, 0) is 31.2 Å². The molecule has 0 unspecified atom stereocenters. The molecule has 0 atom stereocenters. The van der Waals surface area contributed by atoms with E-state index >= 15 is 0 Å². The molecule has 0 saturated carbocycles. The largest absolute Gasteiger partial charge is 0.481 e. The van der Waals surface area contributed by atoms with Crippen LogP contribution in [0.5, 0.6) is 0 Å². The number of hydrogen-bond donors (Lipinski definition) is 2. The van der Waals surface area contributed by atoms with Crippen molar-refractivity contribution in [1.82, 2.24) is 5.32 Å². The molecule has 1 saturated heterocycles. The molecule has 1 aromatic rings. The summed E-state index contributed by atoms with van der Waals surface area (Å²) >= 11 is 1.49. The number of amides is 1. The fourth-order valence-electron chi connectivity index (χ4n) is 2.41. The first-order valence-corrected chi connectivity index (χ1v) is 8.04. The fraction of sp³-hybridized carbons (Fsp3) is 0.467. The highest BCUT2D eigenvalue weighted by Gasteiger charge is 2.40. The van der Waals surface area contributed by atoms with Gasteiger partial charge in [0, 0.05) is 24.7 Å². The SMILES string of the molecule is CSc1ccccc1C(=O)NCC1(C(=O)O)CCOCC1. The summed E-state index contributed by atoms with van der Waals surface area (Å²) in [7, 11) is 0. The molecule has 0 aromatic heterocycles. The van der Waals surface area contributed by atoms with Gasteiger partial charge < -0.3 is 15.2 Å². The summed E-state index contributed by atoms with van der Waals surface area (Å²) in [6.07, 6.45) is 2.75. The van der Waals surface area contributed by atoms with Crippen LogP contribution in [0.3, 0.4) is 0 Å². The number of benzene rings is 1. The lowest BCUT2D eigenvalue weighted by Crippen LogP contribution is -2.46. The number of rotatable bonds is 5. The molecule has 1 amide bonds. The lowest BCUT2D eigenvalue weighted by atomic mass is 9.80. The Morgan fingerprint density at radius 3 is 2.62 bits per heavy atom. The molecular weight excluding hydrogens is 290 g/mol. The first-order chi connectivity index (χ1) is 10.1. The molecular formula is C15H19NO4S. The van der Waals surface area contributed by atoms with Crippen molar-refractivity contribution in [3.8, 4) is 0 Å². The lowest BCUT2D eigenvalue weighted by Gasteiger charge is -2.33. The normalized spacial score (nSPS) is 17.2. The van der Waals surface area contributed by atoms with Crippen LogP contribution in [0, 0.1) is 5.41 Å². The second-order valence-corrected chi connectivity index (χ2v) is 5.93. The first-order valence-electron chi connectivity index (χ1n) is 6.81.